The molecule has 3 heterocycles. The molecule has 0 radical (unpaired) electrons. The van der Waals surface area contributed by atoms with Crippen LogP contribution in [0.15, 0.2) is 17.4 Å². The molecule has 3 aliphatic rings. The molecular weight excluding hydrogens is 445 g/mol. The molecule has 4 unspecified atom stereocenters. The number of ether oxygens (including phenoxy) is 2. The SMILES string of the molecule is CN=C(NC1C2CCOC2C1(C)C)N1CCOC(c2cnn(C)c2)C1.I. The summed E-state index contributed by atoms with van der Waals surface area (Å²) in [6, 6.07) is 0.415. The number of morpholine rings is 1. The van der Waals surface area contributed by atoms with Crippen LogP contribution in [0, 0.1) is 11.3 Å². The summed E-state index contributed by atoms with van der Waals surface area (Å²) >= 11 is 0. The fraction of sp³-hybridized carbons (Fsp3) is 0.778. The lowest BCUT2D eigenvalue weighted by Gasteiger charge is -2.55. The number of nitrogens with one attached hydrogen (secondary N) is 1. The van der Waals surface area contributed by atoms with Crippen molar-refractivity contribution in [2.75, 3.05) is 33.4 Å². The normalized spacial score (nSPS) is 33.2. The van der Waals surface area contributed by atoms with Gasteiger partial charge in [-0.1, -0.05) is 13.8 Å². The summed E-state index contributed by atoms with van der Waals surface area (Å²) in [7, 11) is 3.80. The smallest absolute Gasteiger partial charge is 0.194 e. The minimum Gasteiger partial charge on any atom is -0.377 e. The van der Waals surface area contributed by atoms with Gasteiger partial charge in [0.15, 0.2) is 5.96 Å². The number of rotatable bonds is 2. The number of nitrogens with zero attached hydrogens (tertiary/aromatic N) is 4. The summed E-state index contributed by atoms with van der Waals surface area (Å²) in [6.07, 6.45) is 5.48. The van der Waals surface area contributed by atoms with Crippen molar-refractivity contribution in [2.45, 2.75) is 38.5 Å². The molecule has 8 heteroatoms. The Bertz CT molecular complexity index is 662. The molecular formula is C18H30IN5O2. The zero-order chi connectivity index (χ0) is 17.6. The Morgan fingerprint density at radius 2 is 2.15 bits per heavy atom. The first-order valence-corrected chi connectivity index (χ1v) is 9.20. The molecule has 26 heavy (non-hydrogen) atoms. The highest BCUT2D eigenvalue weighted by Crippen LogP contribution is 2.52. The van der Waals surface area contributed by atoms with E-state index in [9.17, 15) is 0 Å². The number of aliphatic imine (C=N–C) groups is 1. The number of fused-ring (bicyclic) bond motifs is 1. The second-order valence-corrected chi connectivity index (χ2v) is 7.99. The van der Waals surface area contributed by atoms with E-state index in [2.05, 4.69) is 34.2 Å². The van der Waals surface area contributed by atoms with Crippen molar-refractivity contribution in [2.24, 2.45) is 23.4 Å². The molecule has 1 aliphatic carbocycles. The first-order chi connectivity index (χ1) is 12.0. The third kappa shape index (κ3) is 3.35. The summed E-state index contributed by atoms with van der Waals surface area (Å²) in [5, 5.41) is 8.00. The van der Waals surface area contributed by atoms with Gasteiger partial charge in [-0.2, -0.15) is 5.10 Å². The van der Waals surface area contributed by atoms with Crippen molar-refractivity contribution in [3.63, 3.8) is 0 Å². The Morgan fingerprint density at radius 3 is 2.85 bits per heavy atom. The van der Waals surface area contributed by atoms with E-state index in [0.717, 1.165) is 37.6 Å². The van der Waals surface area contributed by atoms with E-state index in [4.69, 9.17) is 9.47 Å². The second kappa shape index (κ2) is 7.63. The molecule has 3 fully saturated rings. The van der Waals surface area contributed by atoms with Crippen molar-refractivity contribution < 1.29 is 9.47 Å². The third-order valence-electron chi connectivity index (χ3n) is 6.06. The van der Waals surface area contributed by atoms with E-state index in [1.54, 1.807) is 0 Å². The van der Waals surface area contributed by atoms with Crippen LogP contribution in [0.1, 0.15) is 31.9 Å². The average Bonchev–Trinajstić information content (AvgIpc) is 3.23. The standard InChI is InChI=1S/C18H29N5O2.HI/c1-18(2)15(13-5-7-25-16(13)18)21-17(19-3)23-6-8-24-14(11-23)12-9-20-22(4)10-12;/h9-10,13-16H,5-8,11H2,1-4H3,(H,19,21);1H. The maximum Gasteiger partial charge on any atom is 0.194 e. The van der Waals surface area contributed by atoms with Crippen LogP contribution in [0.3, 0.4) is 0 Å². The minimum absolute atomic E-state index is 0. The minimum atomic E-state index is 0. The Labute approximate surface area is 172 Å². The molecule has 0 aromatic carbocycles. The molecule has 4 rings (SSSR count). The van der Waals surface area contributed by atoms with Gasteiger partial charge in [0.05, 0.1) is 25.5 Å². The lowest BCUT2D eigenvalue weighted by molar-refractivity contribution is -0.108. The molecule has 7 nitrogen and oxygen atoms in total. The number of hydrogen-bond donors (Lipinski definition) is 1. The summed E-state index contributed by atoms with van der Waals surface area (Å²) in [5.41, 5.74) is 1.27. The highest BCUT2D eigenvalue weighted by atomic mass is 127. The molecule has 1 aromatic heterocycles. The molecule has 2 saturated heterocycles. The highest BCUT2D eigenvalue weighted by Gasteiger charge is 2.59. The molecule has 1 N–H and O–H groups in total. The van der Waals surface area contributed by atoms with Gasteiger partial charge in [-0.15, -0.1) is 24.0 Å². The van der Waals surface area contributed by atoms with Crippen molar-refractivity contribution in [1.29, 1.82) is 0 Å². The van der Waals surface area contributed by atoms with Crippen LogP contribution in [-0.2, 0) is 16.5 Å². The predicted molar refractivity (Wildman–Crippen MR) is 111 cm³/mol. The van der Waals surface area contributed by atoms with Crippen LogP contribution < -0.4 is 5.32 Å². The van der Waals surface area contributed by atoms with Crippen LogP contribution in [0.5, 0.6) is 0 Å². The van der Waals surface area contributed by atoms with E-state index in [1.165, 1.54) is 0 Å². The van der Waals surface area contributed by atoms with Gasteiger partial charge in [0.2, 0.25) is 0 Å². The number of hydrogen-bond acceptors (Lipinski definition) is 4. The molecule has 1 aromatic rings. The first-order valence-electron chi connectivity index (χ1n) is 9.20. The lowest BCUT2D eigenvalue weighted by atomic mass is 9.57. The summed E-state index contributed by atoms with van der Waals surface area (Å²) < 4.78 is 13.7. The van der Waals surface area contributed by atoms with Gasteiger partial charge in [0.1, 0.15) is 6.10 Å². The lowest BCUT2D eigenvalue weighted by Crippen LogP contribution is -2.68. The largest absolute Gasteiger partial charge is 0.377 e. The molecule has 4 atom stereocenters. The maximum absolute atomic E-state index is 5.96. The molecule has 146 valence electrons. The zero-order valence-electron chi connectivity index (χ0n) is 16.0. The first kappa shape index (κ1) is 19.9. The molecule has 0 bridgehead atoms. The fourth-order valence-electron chi connectivity index (χ4n) is 4.70. The van der Waals surface area contributed by atoms with Gasteiger partial charge < -0.3 is 19.7 Å². The van der Waals surface area contributed by atoms with Crippen molar-refractivity contribution >= 4 is 29.9 Å². The molecule has 1 saturated carbocycles. The Morgan fingerprint density at radius 1 is 1.35 bits per heavy atom. The Balaban J connectivity index is 0.00000196. The Kier molecular flexibility index (Phi) is 5.83. The molecule has 2 aliphatic heterocycles. The summed E-state index contributed by atoms with van der Waals surface area (Å²) in [4.78, 5) is 6.87. The van der Waals surface area contributed by atoms with E-state index < -0.39 is 0 Å². The van der Waals surface area contributed by atoms with Crippen LogP contribution in [0.4, 0.5) is 0 Å². The molecule has 0 spiro atoms. The molecule has 0 amide bonds. The van der Waals surface area contributed by atoms with Crippen LogP contribution in [0.25, 0.3) is 0 Å². The van der Waals surface area contributed by atoms with E-state index in [1.807, 2.05) is 31.2 Å². The Hall–Kier alpha value is -0.870. The fourth-order valence-corrected chi connectivity index (χ4v) is 4.70. The van der Waals surface area contributed by atoms with Gasteiger partial charge in [0.25, 0.3) is 0 Å². The third-order valence-corrected chi connectivity index (χ3v) is 6.06. The van der Waals surface area contributed by atoms with Gasteiger partial charge in [-0.3, -0.25) is 9.67 Å². The van der Waals surface area contributed by atoms with Crippen molar-refractivity contribution in [3.05, 3.63) is 18.0 Å². The van der Waals surface area contributed by atoms with Crippen LogP contribution in [-0.4, -0.2) is 66.1 Å². The second-order valence-electron chi connectivity index (χ2n) is 7.99. The maximum atomic E-state index is 5.96. The van der Waals surface area contributed by atoms with Gasteiger partial charge in [-0.25, -0.2) is 0 Å². The van der Waals surface area contributed by atoms with Gasteiger partial charge in [-0.05, 0) is 6.42 Å². The monoisotopic (exact) mass is 475 g/mol. The number of halogens is 1. The van der Waals surface area contributed by atoms with Gasteiger partial charge >= 0.3 is 0 Å². The number of aryl methyl sites for hydroxylation is 1. The van der Waals surface area contributed by atoms with Crippen molar-refractivity contribution in [1.82, 2.24) is 20.0 Å². The van der Waals surface area contributed by atoms with E-state index >= 15 is 0 Å². The predicted octanol–water partition coefficient (Wildman–Crippen LogP) is 1.80. The van der Waals surface area contributed by atoms with Crippen molar-refractivity contribution in [3.8, 4) is 0 Å². The van der Waals surface area contributed by atoms with E-state index in [-0.39, 0.29) is 35.5 Å². The number of aromatic nitrogens is 2. The summed E-state index contributed by atoms with van der Waals surface area (Å²) in [5.74, 6) is 1.57. The highest BCUT2D eigenvalue weighted by molar-refractivity contribution is 14.0. The van der Waals surface area contributed by atoms with E-state index in [0.29, 0.717) is 24.7 Å². The van der Waals surface area contributed by atoms with Gasteiger partial charge in [0, 0.05) is 56.4 Å². The topological polar surface area (TPSA) is 63.9 Å². The quantitative estimate of drug-likeness (QED) is 0.402. The van der Waals surface area contributed by atoms with Crippen LogP contribution in [0.2, 0.25) is 0 Å². The zero-order valence-corrected chi connectivity index (χ0v) is 18.3. The average molecular weight is 475 g/mol. The number of guanidine groups is 1. The van der Waals surface area contributed by atoms with Crippen LogP contribution >= 0.6 is 24.0 Å². The summed E-state index contributed by atoms with van der Waals surface area (Å²) in [6.45, 7) is 7.82.